The zero-order chi connectivity index (χ0) is 10.7. The van der Waals surface area contributed by atoms with Gasteiger partial charge in [-0.15, -0.1) is 0 Å². The van der Waals surface area contributed by atoms with Gasteiger partial charge < -0.3 is 10.2 Å². The van der Waals surface area contributed by atoms with E-state index in [1.54, 1.807) is 0 Å². The fraction of sp³-hybridized carbons (Fsp3) is 0.583. The largest absolute Gasteiger partial charge is 0.381 e. The average Bonchev–Trinajstić information content (AvgIpc) is 2.25. The van der Waals surface area contributed by atoms with Gasteiger partial charge in [0, 0.05) is 12.2 Å². The van der Waals surface area contributed by atoms with Gasteiger partial charge >= 0.3 is 0 Å². The normalized spacial score (nSPS) is 19.1. The number of pyridine rings is 1. The maximum atomic E-state index is 4.29. The number of nitrogens with one attached hydrogen (secondary N) is 1. The van der Waals surface area contributed by atoms with Crippen molar-refractivity contribution >= 4 is 5.69 Å². The van der Waals surface area contributed by atoms with Crippen molar-refractivity contribution in [2.45, 2.75) is 25.8 Å². The lowest BCUT2D eigenvalue weighted by Gasteiger charge is -2.30. The number of hydrogen-bond donors (Lipinski definition) is 1. The summed E-state index contributed by atoms with van der Waals surface area (Å²) in [5.41, 5.74) is 2.28. The van der Waals surface area contributed by atoms with Crippen molar-refractivity contribution in [1.29, 1.82) is 0 Å². The van der Waals surface area contributed by atoms with Crippen LogP contribution in [0.25, 0.3) is 0 Å². The summed E-state index contributed by atoms with van der Waals surface area (Å²) in [5.74, 6) is 0. The van der Waals surface area contributed by atoms with Crippen LogP contribution in [0.3, 0.4) is 0 Å². The highest BCUT2D eigenvalue weighted by atomic mass is 15.1. The van der Waals surface area contributed by atoms with Crippen LogP contribution in [0.4, 0.5) is 5.69 Å². The molecule has 2 heterocycles. The Bertz CT molecular complexity index is 316. The molecule has 15 heavy (non-hydrogen) atoms. The van der Waals surface area contributed by atoms with Crippen LogP contribution in [-0.2, 0) is 0 Å². The van der Waals surface area contributed by atoms with Crippen LogP contribution >= 0.6 is 0 Å². The minimum atomic E-state index is 0.615. The molecular formula is C12H19N3. The van der Waals surface area contributed by atoms with Crippen molar-refractivity contribution in [1.82, 2.24) is 9.88 Å². The van der Waals surface area contributed by atoms with E-state index >= 15 is 0 Å². The van der Waals surface area contributed by atoms with Gasteiger partial charge in [-0.2, -0.15) is 0 Å². The quantitative estimate of drug-likeness (QED) is 0.799. The van der Waals surface area contributed by atoms with Crippen molar-refractivity contribution in [3.8, 4) is 0 Å². The zero-order valence-corrected chi connectivity index (χ0v) is 9.53. The first-order valence-corrected chi connectivity index (χ1v) is 5.62. The van der Waals surface area contributed by atoms with Crippen LogP contribution in [0.2, 0.25) is 0 Å². The van der Waals surface area contributed by atoms with E-state index < -0.39 is 0 Å². The van der Waals surface area contributed by atoms with Gasteiger partial charge in [-0.05, 0) is 52.0 Å². The summed E-state index contributed by atoms with van der Waals surface area (Å²) in [6.07, 6.45) is 4.30. The number of hydrogen-bond acceptors (Lipinski definition) is 3. The van der Waals surface area contributed by atoms with Crippen LogP contribution in [-0.4, -0.2) is 36.1 Å². The summed E-state index contributed by atoms with van der Waals surface area (Å²) < 4.78 is 0. The molecule has 0 atom stereocenters. The summed E-state index contributed by atoms with van der Waals surface area (Å²) >= 11 is 0. The van der Waals surface area contributed by atoms with Crippen molar-refractivity contribution in [3.05, 3.63) is 24.0 Å². The Labute approximate surface area is 91.5 Å². The molecule has 0 amide bonds. The van der Waals surface area contributed by atoms with Crippen LogP contribution < -0.4 is 5.32 Å². The molecule has 1 aliphatic rings. The summed E-state index contributed by atoms with van der Waals surface area (Å²) in [7, 11) is 2.19. The van der Waals surface area contributed by atoms with Gasteiger partial charge in [-0.25, -0.2) is 0 Å². The average molecular weight is 205 g/mol. The number of piperidine rings is 1. The van der Waals surface area contributed by atoms with E-state index in [2.05, 4.69) is 35.2 Å². The third-order valence-electron chi connectivity index (χ3n) is 3.09. The van der Waals surface area contributed by atoms with Gasteiger partial charge in [0.25, 0.3) is 0 Å². The maximum Gasteiger partial charge on any atom is 0.0603 e. The maximum absolute atomic E-state index is 4.29. The van der Waals surface area contributed by atoms with E-state index in [4.69, 9.17) is 0 Å². The molecule has 0 aliphatic carbocycles. The van der Waals surface area contributed by atoms with Gasteiger partial charge in [0.15, 0.2) is 0 Å². The number of aryl methyl sites for hydroxylation is 1. The highest BCUT2D eigenvalue weighted by Crippen LogP contribution is 2.17. The molecule has 3 heteroatoms. The Hall–Kier alpha value is -1.09. The molecule has 0 saturated carbocycles. The first-order chi connectivity index (χ1) is 7.25. The highest BCUT2D eigenvalue weighted by molar-refractivity contribution is 5.47. The number of nitrogens with zero attached hydrogens (tertiary/aromatic N) is 2. The molecule has 1 aromatic rings. The van der Waals surface area contributed by atoms with Crippen LogP contribution in [0.1, 0.15) is 18.5 Å². The highest BCUT2D eigenvalue weighted by Gasteiger charge is 2.16. The van der Waals surface area contributed by atoms with E-state index in [1.165, 1.54) is 31.6 Å². The van der Waals surface area contributed by atoms with Crippen molar-refractivity contribution < 1.29 is 0 Å². The number of aromatic nitrogens is 1. The summed E-state index contributed by atoms with van der Waals surface area (Å²) in [6, 6.07) is 4.72. The van der Waals surface area contributed by atoms with E-state index in [1.807, 2.05) is 12.3 Å². The predicted octanol–water partition coefficient (Wildman–Crippen LogP) is 1.90. The molecule has 1 N–H and O–H groups in total. The molecule has 1 aromatic heterocycles. The van der Waals surface area contributed by atoms with Crippen LogP contribution in [0, 0.1) is 6.92 Å². The molecule has 0 unspecified atom stereocenters. The van der Waals surface area contributed by atoms with Crippen molar-refractivity contribution in [2.24, 2.45) is 0 Å². The Morgan fingerprint density at radius 3 is 2.80 bits per heavy atom. The molecule has 82 valence electrons. The van der Waals surface area contributed by atoms with Gasteiger partial charge in [0.05, 0.1) is 11.4 Å². The lowest BCUT2D eigenvalue weighted by Crippen LogP contribution is -2.36. The van der Waals surface area contributed by atoms with E-state index in [0.29, 0.717) is 6.04 Å². The minimum Gasteiger partial charge on any atom is -0.381 e. The Morgan fingerprint density at radius 1 is 1.40 bits per heavy atom. The first kappa shape index (κ1) is 10.4. The lowest BCUT2D eigenvalue weighted by molar-refractivity contribution is 0.264. The standard InChI is InChI=1S/C12H19N3/c1-10-12(4-3-7-13-10)14-11-5-8-15(2)9-6-11/h3-4,7,11,14H,5-6,8-9H2,1-2H3. The summed E-state index contributed by atoms with van der Waals surface area (Å²) in [4.78, 5) is 6.67. The van der Waals surface area contributed by atoms with Gasteiger partial charge in [-0.3, -0.25) is 4.98 Å². The van der Waals surface area contributed by atoms with E-state index in [9.17, 15) is 0 Å². The topological polar surface area (TPSA) is 28.2 Å². The zero-order valence-electron chi connectivity index (χ0n) is 9.53. The molecule has 0 aromatic carbocycles. The Balaban J connectivity index is 1.95. The molecule has 3 nitrogen and oxygen atoms in total. The Morgan fingerprint density at radius 2 is 2.13 bits per heavy atom. The third kappa shape index (κ3) is 2.69. The number of rotatable bonds is 2. The van der Waals surface area contributed by atoms with Crippen LogP contribution in [0.15, 0.2) is 18.3 Å². The molecule has 2 rings (SSSR count). The number of anilines is 1. The second kappa shape index (κ2) is 4.62. The Kier molecular flexibility index (Phi) is 3.21. The fourth-order valence-electron chi connectivity index (χ4n) is 2.01. The molecule has 1 saturated heterocycles. The second-order valence-electron chi connectivity index (χ2n) is 4.36. The predicted molar refractivity (Wildman–Crippen MR) is 63.1 cm³/mol. The molecular weight excluding hydrogens is 186 g/mol. The summed E-state index contributed by atoms with van der Waals surface area (Å²) in [6.45, 7) is 4.44. The monoisotopic (exact) mass is 205 g/mol. The van der Waals surface area contributed by atoms with E-state index in [-0.39, 0.29) is 0 Å². The van der Waals surface area contributed by atoms with E-state index in [0.717, 1.165) is 5.69 Å². The second-order valence-corrected chi connectivity index (χ2v) is 4.36. The van der Waals surface area contributed by atoms with Crippen LogP contribution in [0.5, 0.6) is 0 Å². The number of likely N-dealkylation sites (tertiary alicyclic amines) is 1. The van der Waals surface area contributed by atoms with Crippen molar-refractivity contribution in [3.63, 3.8) is 0 Å². The minimum absolute atomic E-state index is 0.615. The van der Waals surface area contributed by atoms with Crippen molar-refractivity contribution in [2.75, 3.05) is 25.5 Å². The SMILES string of the molecule is Cc1ncccc1NC1CCN(C)CC1. The van der Waals surface area contributed by atoms with Gasteiger partial charge in [0.2, 0.25) is 0 Å². The third-order valence-corrected chi connectivity index (χ3v) is 3.09. The lowest BCUT2D eigenvalue weighted by atomic mass is 10.1. The molecule has 1 fully saturated rings. The molecule has 0 radical (unpaired) electrons. The molecule has 0 spiro atoms. The molecule has 0 bridgehead atoms. The van der Waals surface area contributed by atoms with Gasteiger partial charge in [-0.1, -0.05) is 0 Å². The smallest absolute Gasteiger partial charge is 0.0603 e. The van der Waals surface area contributed by atoms with Gasteiger partial charge in [0.1, 0.15) is 0 Å². The summed E-state index contributed by atoms with van der Waals surface area (Å²) in [5, 5.41) is 3.58. The first-order valence-electron chi connectivity index (χ1n) is 5.62. The molecule has 1 aliphatic heterocycles. The fourth-order valence-corrected chi connectivity index (χ4v) is 2.01.